The highest BCUT2D eigenvalue weighted by molar-refractivity contribution is 5.74. The van der Waals surface area contributed by atoms with Crippen LogP contribution in [-0.4, -0.2) is 54.4 Å². The van der Waals surface area contributed by atoms with Crippen molar-refractivity contribution in [3.05, 3.63) is 0 Å². The number of aliphatic hydroxyl groups excluding tert-OH is 1. The molecule has 0 aromatic heterocycles. The van der Waals surface area contributed by atoms with Gasteiger partial charge in [-0.25, -0.2) is 4.79 Å². The third-order valence-electron chi connectivity index (χ3n) is 5.23. The zero-order chi connectivity index (χ0) is 15.1. The van der Waals surface area contributed by atoms with Gasteiger partial charge in [0.05, 0.1) is 12.1 Å². The number of carbonyl (C=O) groups excluding carboxylic acids is 1. The number of likely N-dealkylation sites (tertiary alicyclic amines) is 1. The van der Waals surface area contributed by atoms with E-state index in [0.717, 1.165) is 51.1 Å². The van der Waals surface area contributed by atoms with Crippen LogP contribution in [0.1, 0.15) is 51.9 Å². The largest absolute Gasteiger partial charge is 0.394 e. The molecule has 0 aromatic rings. The summed E-state index contributed by atoms with van der Waals surface area (Å²) in [5.74, 6) is 0.742. The van der Waals surface area contributed by atoms with Gasteiger partial charge in [0.1, 0.15) is 0 Å². The van der Waals surface area contributed by atoms with E-state index in [2.05, 4.69) is 22.5 Å². The third-order valence-corrected chi connectivity index (χ3v) is 5.23. The summed E-state index contributed by atoms with van der Waals surface area (Å²) in [5, 5.41) is 15.4. The van der Waals surface area contributed by atoms with Gasteiger partial charge in [0, 0.05) is 6.54 Å². The molecule has 0 unspecified atom stereocenters. The van der Waals surface area contributed by atoms with Crippen LogP contribution in [0.5, 0.6) is 0 Å². The summed E-state index contributed by atoms with van der Waals surface area (Å²) in [5.41, 5.74) is -0.365. The SMILES string of the molecule is CCN1CCC(CCNC(=O)NC2(CO)CCCC2)CC1. The Labute approximate surface area is 128 Å². The number of aliphatic hydroxyl groups is 1. The summed E-state index contributed by atoms with van der Waals surface area (Å²) in [6, 6.07) is -0.114. The van der Waals surface area contributed by atoms with Gasteiger partial charge in [0.25, 0.3) is 0 Å². The Hall–Kier alpha value is -0.810. The van der Waals surface area contributed by atoms with Crippen LogP contribution in [0.25, 0.3) is 0 Å². The van der Waals surface area contributed by atoms with Crippen molar-refractivity contribution in [2.45, 2.75) is 57.4 Å². The van der Waals surface area contributed by atoms with Crippen LogP contribution in [0.2, 0.25) is 0 Å². The Morgan fingerprint density at radius 2 is 1.95 bits per heavy atom. The first kappa shape index (κ1) is 16.6. The van der Waals surface area contributed by atoms with Crippen molar-refractivity contribution in [2.75, 3.05) is 32.8 Å². The summed E-state index contributed by atoms with van der Waals surface area (Å²) in [6.45, 7) is 6.55. The third kappa shape index (κ3) is 4.85. The predicted molar refractivity (Wildman–Crippen MR) is 84.3 cm³/mol. The molecule has 2 aliphatic rings. The second-order valence-electron chi connectivity index (χ2n) is 6.69. The second kappa shape index (κ2) is 7.99. The molecule has 1 heterocycles. The fourth-order valence-electron chi connectivity index (χ4n) is 3.64. The molecule has 2 fully saturated rings. The summed E-state index contributed by atoms with van der Waals surface area (Å²) >= 11 is 0. The van der Waals surface area contributed by atoms with Gasteiger partial charge in [-0.05, 0) is 57.7 Å². The van der Waals surface area contributed by atoms with Gasteiger partial charge in [0.15, 0.2) is 0 Å². The van der Waals surface area contributed by atoms with Crippen molar-refractivity contribution in [1.82, 2.24) is 15.5 Å². The molecule has 3 N–H and O–H groups in total. The molecule has 2 rings (SSSR count). The Balaban J connectivity index is 1.61. The molecule has 0 bridgehead atoms. The van der Waals surface area contributed by atoms with Crippen LogP contribution in [-0.2, 0) is 0 Å². The van der Waals surface area contributed by atoms with Gasteiger partial charge in [0.2, 0.25) is 0 Å². The minimum Gasteiger partial charge on any atom is -0.394 e. The van der Waals surface area contributed by atoms with Crippen molar-refractivity contribution in [3.63, 3.8) is 0 Å². The maximum Gasteiger partial charge on any atom is 0.315 e. The number of amides is 2. The zero-order valence-electron chi connectivity index (χ0n) is 13.4. The maximum absolute atomic E-state index is 12.0. The van der Waals surface area contributed by atoms with E-state index in [-0.39, 0.29) is 18.2 Å². The molecular formula is C16H31N3O2. The van der Waals surface area contributed by atoms with Crippen LogP contribution in [0.3, 0.4) is 0 Å². The molecule has 0 radical (unpaired) electrons. The van der Waals surface area contributed by atoms with Crippen molar-refractivity contribution < 1.29 is 9.90 Å². The van der Waals surface area contributed by atoms with Gasteiger partial charge < -0.3 is 20.6 Å². The van der Waals surface area contributed by atoms with E-state index >= 15 is 0 Å². The number of nitrogens with zero attached hydrogens (tertiary/aromatic N) is 1. The van der Waals surface area contributed by atoms with E-state index in [1.807, 2.05) is 0 Å². The van der Waals surface area contributed by atoms with Crippen molar-refractivity contribution in [3.8, 4) is 0 Å². The molecule has 5 nitrogen and oxygen atoms in total. The van der Waals surface area contributed by atoms with E-state index in [1.54, 1.807) is 0 Å². The summed E-state index contributed by atoms with van der Waals surface area (Å²) in [6.07, 6.45) is 7.54. The van der Waals surface area contributed by atoms with Crippen LogP contribution < -0.4 is 10.6 Å². The first-order valence-corrected chi connectivity index (χ1v) is 8.57. The molecule has 1 saturated carbocycles. The van der Waals surface area contributed by atoms with Crippen LogP contribution in [0.4, 0.5) is 4.79 Å². The minimum absolute atomic E-state index is 0.0515. The van der Waals surface area contributed by atoms with E-state index < -0.39 is 0 Å². The van der Waals surface area contributed by atoms with Crippen LogP contribution >= 0.6 is 0 Å². The van der Waals surface area contributed by atoms with Crippen molar-refractivity contribution in [1.29, 1.82) is 0 Å². The lowest BCUT2D eigenvalue weighted by atomic mass is 9.93. The lowest BCUT2D eigenvalue weighted by Crippen LogP contribution is -2.53. The average molecular weight is 297 g/mol. The Morgan fingerprint density at radius 3 is 2.52 bits per heavy atom. The molecule has 5 heteroatoms. The van der Waals surface area contributed by atoms with Gasteiger partial charge in [-0.3, -0.25) is 0 Å². The standard InChI is InChI=1S/C16H31N3O2/c1-2-19-11-6-14(7-12-19)5-10-17-15(21)18-16(13-20)8-3-4-9-16/h14,20H,2-13H2,1H3,(H2,17,18,21). The molecule has 1 saturated heterocycles. The fraction of sp³-hybridized carbons (Fsp3) is 0.938. The Kier molecular flexibility index (Phi) is 6.30. The molecule has 2 amide bonds. The Bertz CT molecular complexity index is 321. The highest BCUT2D eigenvalue weighted by Gasteiger charge is 2.34. The maximum atomic E-state index is 12.0. The van der Waals surface area contributed by atoms with Crippen LogP contribution in [0.15, 0.2) is 0 Å². The van der Waals surface area contributed by atoms with Gasteiger partial charge >= 0.3 is 6.03 Å². The van der Waals surface area contributed by atoms with E-state index in [9.17, 15) is 9.90 Å². The number of nitrogens with one attached hydrogen (secondary N) is 2. The quantitative estimate of drug-likeness (QED) is 0.699. The average Bonchev–Trinajstić information content (AvgIpc) is 2.97. The molecule has 0 aromatic carbocycles. The van der Waals surface area contributed by atoms with Crippen LogP contribution in [0, 0.1) is 5.92 Å². The van der Waals surface area contributed by atoms with Gasteiger partial charge in [-0.2, -0.15) is 0 Å². The lowest BCUT2D eigenvalue weighted by molar-refractivity contribution is 0.161. The first-order chi connectivity index (χ1) is 10.2. The number of carbonyl (C=O) groups is 1. The number of piperidine rings is 1. The fourth-order valence-corrected chi connectivity index (χ4v) is 3.64. The summed E-state index contributed by atoms with van der Waals surface area (Å²) < 4.78 is 0. The topological polar surface area (TPSA) is 64.6 Å². The molecule has 0 spiro atoms. The summed E-state index contributed by atoms with van der Waals surface area (Å²) in [7, 11) is 0. The number of hydrogen-bond acceptors (Lipinski definition) is 3. The number of hydrogen-bond donors (Lipinski definition) is 3. The normalized spacial score (nSPS) is 23.1. The number of urea groups is 1. The summed E-state index contributed by atoms with van der Waals surface area (Å²) in [4.78, 5) is 14.4. The monoisotopic (exact) mass is 297 g/mol. The molecule has 21 heavy (non-hydrogen) atoms. The molecule has 122 valence electrons. The second-order valence-corrected chi connectivity index (χ2v) is 6.69. The molecule has 0 atom stereocenters. The van der Waals surface area contributed by atoms with E-state index in [0.29, 0.717) is 0 Å². The smallest absolute Gasteiger partial charge is 0.315 e. The zero-order valence-corrected chi connectivity index (χ0v) is 13.4. The highest BCUT2D eigenvalue weighted by atomic mass is 16.3. The first-order valence-electron chi connectivity index (χ1n) is 8.57. The van der Waals surface area contributed by atoms with Gasteiger partial charge in [-0.1, -0.05) is 19.8 Å². The lowest BCUT2D eigenvalue weighted by Gasteiger charge is -2.31. The van der Waals surface area contributed by atoms with Crippen molar-refractivity contribution >= 4 is 6.03 Å². The molecule has 1 aliphatic carbocycles. The van der Waals surface area contributed by atoms with Gasteiger partial charge in [-0.15, -0.1) is 0 Å². The predicted octanol–water partition coefficient (Wildman–Crippen LogP) is 1.71. The van der Waals surface area contributed by atoms with E-state index in [1.165, 1.54) is 25.9 Å². The van der Waals surface area contributed by atoms with Crippen molar-refractivity contribution in [2.24, 2.45) is 5.92 Å². The highest BCUT2D eigenvalue weighted by Crippen LogP contribution is 2.28. The minimum atomic E-state index is -0.365. The van der Waals surface area contributed by atoms with E-state index in [4.69, 9.17) is 0 Å². The number of rotatable bonds is 6. The molecular weight excluding hydrogens is 266 g/mol. The Morgan fingerprint density at radius 1 is 1.29 bits per heavy atom. The molecule has 1 aliphatic heterocycles.